The fourth-order valence-electron chi connectivity index (χ4n) is 4.11. The Hall–Kier alpha value is -3.85. The molecule has 1 aliphatic heterocycles. The van der Waals surface area contributed by atoms with Crippen molar-refractivity contribution in [2.75, 3.05) is 18.4 Å². The van der Waals surface area contributed by atoms with Crippen molar-refractivity contribution in [1.82, 2.24) is 19.6 Å². The van der Waals surface area contributed by atoms with E-state index in [1.165, 1.54) is 22.9 Å². The number of anilines is 1. The Morgan fingerprint density at radius 3 is 2.70 bits per heavy atom. The number of aromatic nitrogens is 4. The van der Waals surface area contributed by atoms with Gasteiger partial charge in [-0.3, -0.25) is 4.79 Å². The Labute approximate surface area is 188 Å². The zero-order chi connectivity index (χ0) is 23.1. The monoisotopic (exact) mass is 448 g/mol. The molecule has 168 valence electrons. The highest BCUT2D eigenvalue weighted by Crippen LogP contribution is 2.39. The van der Waals surface area contributed by atoms with Crippen molar-refractivity contribution in [3.05, 3.63) is 82.1 Å². The number of para-hydroxylation sites is 1. The second kappa shape index (κ2) is 8.25. The molecule has 3 N–H and O–H groups in total. The van der Waals surface area contributed by atoms with Crippen LogP contribution in [0.5, 0.6) is 0 Å². The lowest BCUT2D eigenvalue weighted by atomic mass is 10.0. The third-order valence-corrected chi connectivity index (χ3v) is 5.86. The largest absolute Gasteiger partial charge is 0.369 e. The number of aryl methyl sites for hydroxylation is 1. The van der Waals surface area contributed by atoms with E-state index in [-0.39, 0.29) is 17.0 Å². The number of hydrogen-bond donors (Lipinski definition) is 2. The average molecular weight is 448 g/mol. The van der Waals surface area contributed by atoms with Crippen LogP contribution in [0.1, 0.15) is 5.56 Å². The van der Waals surface area contributed by atoms with Gasteiger partial charge in [0, 0.05) is 36.7 Å². The highest BCUT2D eigenvalue weighted by atomic mass is 19.1. The zero-order valence-corrected chi connectivity index (χ0v) is 17.9. The van der Waals surface area contributed by atoms with Crippen LogP contribution in [0.15, 0.2) is 59.4 Å². The first-order valence-corrected chi connectivity index (χ1v) is 10.6. The molecule has 2 aromatic carbocycles. The molecule has 0 radical (unpaired) electrons. The van der Waals surface area contributed by atoms with Crippen molar-refractivity contribution in [2.45, 2.75) is 13.5 Å². The third-order valence-electron chi connectivity index (χ3n) is 5.86. The molecule has 33 heavy (non-hydrogen) atoms. The van der Waals surface area contributed by atoms with Crippen LogP contribution in [0.2, 0.25) is 0 Å². The summed E-state index contributed by atoms with van der Waals surface area (Å²) in [6.07, 6.45) is 0. The van der Waals surface area contributed by atoms with Gasteiger partial charge in [-0.05, 0) is 43.3 Å². The van der Waals surface area contributed by atoms with Crippen LogP contribution in [-0.4, -0.2) is 32.7 Å². The summed E-state index contributed by atoms with van der Waals surface area (Å²) in [4.78, 5) is 12.7. The Morgan fingerprint density at radius 2 is 1.94 bits per heavy atom. The number of nitrogens with one attached hydrogen (secondary N) is 1. The minimum atomic E-state index is -0.728. The van der Waals surface area contributed by atoms with Crippen LogP contribution in [0.3, 0.4) is 0 Å². The summed E-state index contributed by atoms with van der Waals surface area (Å²) >= 11 is 0. The SMILES string of the molecule is Cc1ccccc1-n1nc(-c2c(-c3ccc(F)cc3F)nn3c2NCC(CN)C3)ccc1=O. The van der Waals surface area contributed by atoms with Gasteiger partial charge in [-0.15, -0.1) is 0 Å². The van der Waals surface area contributed by atoms with Crippen molar-refractivity contribution < 1.29 is 8.78 Å². The van der Waals surface area contributed by atoms with Crippen molar-refractivity contribution in [2.24, 2.45) is 11.7 Å². The van der Waals surface area contributed by atoms with E-state index < -0.39 is 11.6 Å². The molecule has 4 aromatic rings. The van der Waals surface area contributed by atoms with Crippen LogP contribution >= 0.6 is 0 Å². The maximum absolute atomic E-state index is 14.8. The number of nitrogens with two attached hydrogens (primary N) is 1. The molecule has 1 aliphatic rings. The molecule has 0 saturated carbocycles. The van der Waals surface area contributed by atoms with Gasteiger partial charge in [-0.25, -0.2) is 13.5 Å². The van der Waals surface area contributed by atoms with Gasteiger partial charge in [-0.2, -0.15) is 14.9 Å². The lowest BCUT2D eigenvalue weighted by Gasteiger charge is -2.24. The Balaban J connectivity index is 1.74. The molecule has 1 atom stereocenters. The van der Waals surface area contributed by atoms with Gasteiger partial charge >= 0.3 is 0 Å². The second-order valence-corrected chi connectivity index (χ2v) is 8.12. The molecule has 0 bridgehead atoms. The third kappa shape index (κ3) is 3.70. The first kappa shape index (κ1) is 21.0. The van der Waals surface area contributed by atoms with E-state index in [2.05, 4.69) is 15.5 Å². The van der Waals surface area contributed by atoms with Crippen LogP contribution < -0.4 is 16.6 Å². The molecule has 0 spiro atoms. The van der Waals surface area contributed by atoms with Crippen molar-refractivity contribution >= 4 is 5.82 Å². The quantitative estimate of drug-likeness (QED) is 0.500. The van der Waals surface area contributed by atoms with Crippen LogP contribution in [-0.2, 0) is 6.54 Å². The van der Waals surface area contributed by atoms with E-state index in [1.807, 2.05) is 31.2 Å². The molecule has 1 unspecified atom stereocenters. The number of hydrogen-bond acceptors (Lipinski definition) is 5. The molecule has 2 aromatic heterocycles. The van der Waals surface area contributed by atoms with Gasteiger partial charge in [0.2, 0.25) is 0 Å². The summed E-state index contributed by atoms with van der Waals surface area (Å²) in [6, 6.07) is 13.8. The number of rotatable bonds is 4. The molecule has 0 aliphatic carbocycles. The number of halogens is 2. The van der Waals surface area contributed by atoms with Gasteiger partial charge in [-0.1, -0.05) is 18.2 Å². The number of fused-ring (bicyclic) bond motifs is 1. The van der Waals surface area contributed by atoms with Gasteiger partial charge < -0.3 is 11.1 Å². The fourth-order valence-corrected chi connectivity index (χ4v) is 4.11. The van der Waals surface area contributed by atoms with E-state index >= 15 is 0 Å². The molecule has 5 rings (SSSR count). The molecular weight excluding hydrogens is 426 g/mol. The van der Waals surface area contributed by atoms with E-state index in [1.54, 1.807) is 10.7 Å². The second-order valence-electron chi connectivity index (χ2n) is 8.12. The van der Waals surface area contributed by atoms with Crippen LogP contribution in [0.25, 0.3) is 28.2 Å². The molecule has 0 saturated heterocycles. The van der Waals surface area contributed by atoms with E-state index in [9.17, 15) is 13.6 Å². The molecular formula is C24H22F2N6O. The minimum Gasteiger partial charge on any atom is -0.369 e. The highest BCUT2D eigenvalue weighted by Gasteiger charge is 2.28. The maximum atomic E-state index is 14.8. The lowest BCUT2D eigenvalue weighted by molar-refractivity contribution is 0.423. The first-order chi connectivity index (χ1) is 16.0. The number of nitrogens with zero attached hydrogens (tertiary/aromatic N) is 4. The van der Waals surface area contributed by atoms with Crippen LogP contribution in [0.4, 0.5) is 14.6 Å². The maximum Gasteiger partial charge on any atom is 0.271 e. The lowest BCUT2D eigenvalue weighted by Crippen LogP contribution is -2.33. The van der Waals surface area contributed by atoms with Gasteiger partial charge in [0.15, 0.2) is 0 Å². The van der Waals surface area contributed by atoms with Gasteiger partial charge in [0.05, 0.1) is 16.9 Å². The summed E-state index contributed by atoms with van der Waals surface area (Å²) < 4.78 is 31.4. The Kier molecular flexibility index (Phi) is 5.26. The molecule has 9 heteroatoms. The predicted octanol–water partition coefficient (Wildman–Crippen LogP) is 3.35. The molecule has 0 amide bonds. The van der Waals surface area contributed by atoms with Gasteiger partial charge in [0.1, 0.15) is 23.1 Å². The summed E-state index contributed by atoms with van der Waals surface area (Å²) in [6.45, 7) is 3.54. The topological polar surface area (TPSA) is 90.8 Å². The van der Waals surface area contributed by atoms with E-state index in [0.29, 0.717) is 48.1 Å². The summed E-state index contributed by atoms with van der Waals surface area (Å²) in [7, 11) is 0. The highest BCUT2D eigenvalue weighted by molar-refractivity contribution is 5.87. The van der Waals surface area contributed by atoms with Crippen LogP contribution in [0, 0.1) is 24.5 Å². The number of benzene rings is 2. The van der Waals surface area contributed by atoms with Gasteiger partial charge in [0.25, 0.3) is 5.56 Å². The normalized spacial score (nSPS) is 15.2. The minimum absolute atomic E-state index is 0.148. The smallest absolute Gasteiger partial charge is 0.271 e. The van der Waals surface area contributed by atoms with Crippen molar-refractivity contribution in [3.63, 3.8) is 0 Å². The first-order valence-electron chi connectivity index (χ1n) is 10.6. The molecule has 0 fully saturated rings. The zero-order valence-electron chi connectivity index (χ0n) is 17.9. The standard InChI is InChI=1S/C24H22F2N6O/c1-14-4-2-3-5-20(14)32-21(33)9-8-19(29-32)22-23(17-7-6-16(25)10-18(17)26)30-31-13-15(11-27)12-28-24(22)31/h2-10,15,28H,11-13,27H2,1H3. The fraction of sp³-hybridized carbons (Fsp3) is 0.208. The van der Waals surface area contributed by atoms with E-state index in [4.69, 9.17) is 5.73 Å². The average Bonchev–Trinajstić information content (AvgIpc) is 3.18. The summed E-state index contributed by atoms with van der Waals surface area (Å²) in [5.41, 5.74) is 8.54. The summed E-state index contributed by atoms with van der Waals surface area (Å²) in [5, 5.41) is 12.6. The summed E-state index contributed by atoms with van der Waals surface area (Å²) in [5.74, 6) is -0.588. The Morgan fingerprint density at radius 1 is 1.12 bits per heavy atom. The Bertz CT molecular complexity index is 1410. The molecule has 7 nitrogen and oxygen atoms in total. The van der Waals surface area contributed by atoms with Crippen molar-refractivity contribution in [3.8, 4) is 28.2 Å². The molecule has 3 heterocycles. The van der Waals surface area contributed by atoms with Crippen molar-refractivity contribution in [1.29, 1.82) is 0 Å². The predicted molar refractivity (Wildman–Crippen MR) is 122 cm³/mol. The van der Waals surface area contributed by atoms with E-state index in [0.717, 1.165) is 11.6 Å².